The summed E-state index contributed by atoms with van der Waals surface area (Å²) < 4.78 is 16.9. The van der Waals surface area contributed by atoms with Crippen molar-refractivity contribution in [1.29, 1.82) is 0 Å². The van der Waals surface area contributed by atoms with Crippen molar-refractivity contribution in [1.82, 2.24) is 0 Å². The van der Waals surface area contributed by atoms with Gasteiger partial charge in [0.1, 0.15) is 13.2 Å². The number of allylic oxidation sites excluding steroid dienone is 8. The van der Waals surface area contributed by atoms with E-state index in [1.807, 2.05) is 0 Å². The molecule has 6 nitrogen and oxygen atoms in total. The molecule has 0 aliphatic rings. The Labute approximate surface area is 441 Å². The zero-order valence-corrected chi connectivity index (χ0v) is 47.5. The third-order valence-corrected chi connectivity index (χ3v) is 13.8. The molecule has 1 atom stereocenters. The van der Waals surface area contributed by atoms with Crippen molar-refractivity contribution in [2.24, 2.45) is 0 Å². The van der Waals surface area contributed by atoms with E-state index in [4.69, 9.17) is 14.2 Å². The minimum atomic E-state index is -0.785. The fraction of sp³-hybridized carbons (Fsp3) is 0.831. The Morgan fingerprint density at radius 1 is 0.282 bits per heavy atom. The molecule has 0 aromatic rings. The molecule has 0 saturated heterocycles. The van der Waals surface area contributed by atoms with E-state index in [1.165, 1.54) is 186 Å². The molecule has 0 spiro atoms. The van der Waals surface area contributed by atoms with Crippen LogP contribution in [0.2, 0.25) is 0 Å². The van der Waals surface area contributed by atoms with Gasteiger partial charge in [-0.15, -0.1) is 0 Å². The first-order chi connectivity index (χ1) is 35.0. The molecule has 0 rings (SSSR count). The first-order valence-corrected chi connectivity index (χ1v) is 31.1. The molecule has 1 unspecified atom stereocenters. The molecule has 0 N–H and O–H groups in total. The number of unbranched alkanes of at least 4 members (excludes halogenated alkanes) is 38. The molecule has 0 radical (unpaired) electrons. The van der Waals surface area contributed by atoms with Crippen LogP contribution in [0.1, 0.15) is 329 Å². The number of carbonyl (C=O) groups excluding carboxylic acids is 3. The molecule has 0 bridgehead atoms. The molecule has 0 aromatic carbocycles. The molecule has 414 valence electrons. The second-order valence-electron chi connectivity index (χ2n) is 21.0. The molecular weight excluding hydrogens is 877 g/mol. The summed E-state index contributed by atoms with van der Waals surface area (Å²) in [5, 5.41) is 0. The van der Waals surface area contributed by atoms with E-state index in [0.29, 0.717) is 19.3 Å². The zero-order valence-electron chi connectivity index (χ0n) is 47.5. The first kappa shape index (κ1) is 68.4. The summed E-state index contributed by atoms with van der Waals surface area (Å²) >= 11 is 0. The number of ether oxygens (including phenoxy) is 3. The molecule has 0 aliphatic carbocycles. The van der Waals surface area contributed by atoms with Crippen molar-refractivity contribution in [3.05, 3.63) is 48.6 Å². The lowest BCUT2D eigenvalue weighted by Gasteiger charge is -2.18. The predicted octanol–water partition coefficient (Wildman–Crippen LogP) is 21.0. The Morgan fingerprint density at radius 2 is 0.521 bits per heavy atom. The van der Waals surface area contributed by atoms with Gasteiger partial charge >= 0.3 is 17.9 Å². The minimum absolute atomic E-state index is 0.0804. The van der Waals surface area contributed by atoms with E-state index < -0.39 is 6.10 Å². The van der Waals surface area contributed by atoms with Gasteiger partial charge in [0.25, 0.3) is 0 Å². The zero-order chi connectivity index (χ0) is 51.4. The quantitative estimate of drug-likeness (QED) is 0.0261. The minimum Gasteiger partial charge on any atom is -0.462 e. The second kappa shape index (κ2) is 59.9. The highest BCUT2D eigenvalue weighted by Crippen LogP contribution is 2.17. The van der Waals surface area contributed by atoms with Crippen LogP contribution in [0.3, 0.4) is 0 Å². The molecule has 0 aliphatic heterocycles. The van der Waals surface area contributed by atoms with Crippen LogP contribution in [0.25, 0.3) is 0 Å². The standard InChI is InChI=1S/C65H118O6/c1-4-7-10-13-16-19-22-25-28-29-30-31-32-33-34-35-36-37-38-41-43-46-49-52-55-58-64(67)70-61-62(71-65(68)59-56-53-50-47-44-40-27-24-21-18-15-12-9-6-3)60-69-63(66)57-54-51-48-45-42-39-26-23-20-17-14-11-8-5-2/h14-15,17-18,23-24,26-27,62H,4-13,16,19-22,25,28-61H2,1-3H3/b17-14-,18-15-,26-23-,27-24-. The Bertz CT molecular complexity index is 1230. The fourth-order valence-electron chi connectivity index (χ4n) is 9.07. The summed E-state index contributed by atoms with van der Waals surface area (Å²) in [6.07, 6.45) is 74.1. The van der Waals surface area contributed by atoms with Crippen molar-refractivity contribution >= 4 is 17.9 Å². The van der Waals surface area contributed by atoms with Gasteiger partial charge in [0.05, 0.1) is 0 Å². The highest BCUT2D eigenvalue weighted by molar-refractivity contribution is 5.71. The normalized spacial score (nSPS) is 12.3. The van der Waals surface area contributed by atoms with Crippen molar-refractivity contribution < 1.29 is 28.6 Å². The van der Waals surface area contributed by atoms with Crippen molar-refractivity contribution in [3.63, 3.8) is 0 Å². The number of hydrogen-bond acceptors (Lipinski definition) is 6. The Hall–Kier alpha value is -2.63. The summed E-state index contributed by atoms with van der Waals surface area (Å²) in [4.78, 5) is 38.2. The Kier molecular flexibility index (Phi) is 57.7. The van der Waals surface area contributed by atoms with Crippen LogP contribution in [0.15, 0.2) is 48.6 Å². The van der Waals surface area contributed by atoms with Crippen LogP contribution in [0.5, 0.6) is 0 Å². The van der Waals surface area contributed by atoms with Gasteiger partial charge < -0.3 is 14.2 Å². The predicted molar refractivity (Wildman–Crippen MR) is 307 cm³/mol. The molecule has 0 heterocycles. The van der Waals surface area contributed by atoms with Crippen LogP contribution in [0.4, 0.5) is 0 Å². The average Bonchev–Trinajstić information content (AvgIpc) is 3.37. The summed E-state index contributed by atoms with van der Waals surface area (Å²) in [6.45, 7) is 6.58. The van der Waals surface area contributed by atoms with E-state index in [0.717, 1.165) is 103 Å². The lowest BCUT2D eigenvalue weighted by molar-refractivity contribution is -0.167. The molecule has 0 amide bonds. The van der Waals surface area contributed by atoms with E-state index >= 15 is 0 Å². The van der Waals surface area contributed by atoms with Crippen molar-refractivity contribution in [2.75, 3.05) is 13.2 Å². The Balaban J connectivity index is 4.24. The second-order valence-corrected chi connectivity index (χ2v) is 21.0. The van der Waals surface area contributed by atoms with Gasteiger partial charge in [-0.1, -0.05) is 288 Å². The van der Waals surface area contributed by atoms with Gasteiger partial charge in [-0.25, -0.2) is 0 Å². The number of carbonyl (C=O) groups is 3. The van der Waals surface area contributed by atoms with Gasteiger partial charge in [-0.2, -0.15) is 0 Å². The summed E-state index contributed by atoms with van der Waals surface area (Å²) in [7, 11) is 0. The average molecular weight is 996 g/mol. The van der Waals surface area contributed by atoms with Crippen LogP contribution < -0.4 is 0 Å². The monoisotopic (exact) mass is 995 g/mol. The third-order valence-electron chi connectivity index (χ3n) is 13.8. The summed E-state index contributed by atoms with van der Waals surface area (Å²) in [5.41, 5.74) is 0. The van der Waals surface area contributed by atoms with Crippen LogP contribution >= 0.6 is 0 Å². The SMILES string of the molecule is CCCC/C=C\C/C=C\CCCCCCCC(=O)OCC(COC(=O)CCCCCCCCCCCCCCCCCCCCCCCCCCC)OC(=O)CCCCCCC/C=C\C/C=C\CCCC. The highest BCUT2D eigenvalue weighted by atomic mass is 16.6. The van der Waals surface area contributed by atoms with Crippen molar-refractivity contribution in [2.45, 2.75) is 335 Å². The first-order valence-electron chi connectivity index (χ1n) is 31.1. The van der Waals surface area contributed by atoms with E-state index in [1.54, 1.807) is 0 Å². The van der Waals surface area contributed by atoms with Crippen molar-refractivity contribution in [3.8, 4) is 0 Å². The lowest BCUT2D eigenvalue weighted by atomic mass is 10.0. The van der Waals surface area contributed by atoms with Gasteiger partial charge in [-0.05, 0) is 70.6 Å². The largest absolute Gasteiger partial charge is 0.462 e. The fourth-order valence-corrected chi connectivity index (χ4v) is 9.07. The lowest BCUT2D eigenvalue weighted by Crippen LogP contribution is -2.30. The molecule has 71 heavy (non-hydrogen) atoms. The summed E-state index contributed by atoms with van der Waals surface area (Å²) in [5.74, 6) is -0.893. The Morgan fingerprint density at radius 3 is 0.817 bits per heavy atom. The maximum Gasteiger partial charge on any atom is 0.306 e. The molecule has 0 saturated carbocycles. The van der Waals surface area contributed by atoms with E-state index in [-0.39, 0.29) is 31.1 Å². The molecular formula is C65H118O6. The molecule has 0 fully saturated rings. The number of hydrogen-bond donors (Lipinski definition) is 0. The number of esters is 3. The summed E-state index contributed by atoms with van der Waals surface area (Å²) in [6, 6.07) is 0. The van der Waals surface area contributed by atoms with Crippen LogP contribution in [0, 0.1) is 0 Å². The molecule has 6 heteroatoms. The maximum atomic E-state index is 12.8. The number of rotatable bonds is 57. The molecule has 0 aromatic heterocycles. The van der Waals surface area contributed by atoms with Gasteiger partial charge in [-0.3, -0.25) is 14.4 Å². The third kappa shape index (κ3) is 58.1. The van der Waals surface area contributed by atoms with Gasteiger partial charge in [0.2, 0.25) is 0 Å². The van der Waals surface area contributed by atoms with Gasteiger partial charge in [0, 0.05) is 19.3 Å². The van der Waals surface area contributed by atoms with Gasteiger partial charge in [0.15, 0.2) is 6.10 Å². The topological polar surface area (TPSA) is 78.9 Å². The van der Waals surface area contributed by atoms with E-state index in [2.05, 4.69) is 69.4 Å². The smallest absolute Gasteiger partial charge is 0.306 e. The maximum absolute atomic E-state index is 12.8. The highest BCUT2D eigenvalue weighted by Gasteiger charge is 2.19. The van der Waals surface area contributed by atoms with Crippen LogP contribution in [-0.2, 0) is 28.6 Å². The van der Waals surface area contributed by atoms with Crippen LogP contribution in [-0.4, -0.2) is 37.2 Å². The van der Waals surface area contributed by atoms with E-state index in [9.17, 15) is 14.4 Å².